The molecular formula is C20H15N5O. The van der Waals surface area contributed by atoms with Crippen molar-refractivity contribution in [3.8, 4) is 28.8 Å². The van der Waals surface area contributed by atoms with Crippen molar-refractivity contribution in [2.75, 3.05) is 0 Å². The fraction of sp³-hybridized carbons (Fsp3) is 0.0500. The van der Waals surface area contributed by atoms with Crippen LogP contribution in [-0.2, 0) is 6.54 Å². The van der Waals surface area contributed by atoms with Gasteiger partial charge in [0, 0.05) is 11.8 Å². The highest BCUT2D eigenvalue weighted by atomic mass is 16.5. The summed E-state index contributed by atoms with van der Waals surface area (Å²) in [5, 5.41) is 20.3. The highest BCUT2D eigenvalue weighted by molar-refractivity contribution is 5.64. The zero-order valence-electron chi connectivity index (χ0n) is 13.8. The zero-order chi connectivity index (χ0) is 17.8. The van der Waals surface area contributed by atoms with Crippen LogP contribution in [0.25, 0.3) is 11.3 Å². The number of nitrogens with zero attached hydrogens (tertiary/aromatic N) is 4. The predicted octanol–water partition coefficient (Wildman–Crippen LogP) is 3.99. The number of nitrogens with one attached hydrogen (secondary N) is 1. The predicted molar refractivity (Wildman–Crippen MR) is 96.6 cm³/mol. The summed E-state index contributed by atoms with van der Waals surface area (Å²) in [5.74, 6) is 1.25. The first-order valence-electron chi connectivity index (χ1n) is 8.10. The third-order valence-corrected chi connectivity index (χ3v) is 3.93. The SMILES string of the molecule is N#Cc1ccc(Oc2cn[nH]c2-c2cnn(Cc3ccccc3)c2)cc1. The molecule has 0 amide bonds. The van der Waals surface area contributed by atoms with Gasteiger partial charge in [0.1, 0.15) is 11.4 Å². The van der Waals surface area contributed by atoms with E-state index in [1.54, 1.807) is 36.7 Å². The number of aromatic nitrogens is 4. The Hall–Kier alpha value is -3.85. The van der Waals surface area contributed by atoms with E-state index in [4.69, 9.17) is 10.00 Å². The molecule has 0 unspecified atom stereocenters. The molecule has 6 nitrogen and oxygen atoms in total. The summed E-state index contributed by atoms with van der Waals surface area (Å²) < 4.78 is 7.76. The number of hydrogen-bond acceptors (Lipinski definition) is 4. The van der Waals surface area contributed by atoms with Crippen molar-refractivity contribution >= 4 is 0 Å². The Bertz CT molecular complexity index is 1040. The van der Waals surface area contributed by atoms with E-state index in [0.29, 0.717) is 23.6 Å². The quantitative estimate of drug-likeness (QED) is 0.595. The summed E-state index contributed by atoms with van der Waals surface area (Å²) in [6.07, 6.45) is 5.36. The molecule has 4 rings (SSSR count). The lowest BCUT2D eigenvalue weighted by Gasteiger charge is -2.05. The van der Waals surface area contributed by atoms with Crippen LogP contribution in [0.1, 0.15) is 11.1 Å². The number of nitriles is 1. The van der Waals surface area contributed by atoms with Gasteiger partial charge in [-0.25, -0.2) is 0 Å². The molecule has 0 saturated carbocycles. The van der Waals surface area contributed by atoms with Crippen LogP contribution in [0.5, 0.6) is 11.5 Å². The monoisotopic (exact) mass is 341 g/mol. The van der Waals surface area contributed by atoms with Crippen LogP contribution in [0.2, 0.25) is 0 Å². The highest BCUT2D eigenvalue weighted by Crippen LogP contribution is 2.31. The number of H-pyrrole nitrogens is 1. The summed E-state index contributed by atoms with van der Waals surface area (Å²) in [7, 11) is 0. The van der Waals surface area contributed by atoms with E-state index >= 15 is 0 Å². The molecule has 0 aliphatic heterocycles. The van der Waals surface area contributed by atoms with E-state index in [2.05, 4.69) is 33.5 Å². The molecular weight excluding hydrogens is 326 g/mol. The van der Waals surface area contributed by atoms with E-state index < -0.39 is 0 Å². The first kappa shape index (κ1) is 15.7. The number of aromatic amines is 1. The van der Waals surface area contributed by atoms with Gasteiger partial charge in [0.25, 0.3) is 0 Å². The lowest BCUT2D eigenvalue weighted by atomic mass is 10.2. The van der Waals surface area contributed by atoms with Gasteiger partial charge in [-0.3, -0.25) is 9.78 Å². The summed E-state index contributed by atoms with van der Waals surface area (Å²) >= 11 is 0. The van der Waals surface area contributed by atoms with Crippen LogP contribution in [0.3, 0.4) is 0 Å². The van der Waals surface area contributed by atoms with Crippen molar-refractivity contribution in [3.05, 3.63) is 84.3 Å². The lowest BCUT2D eigenvalue weighted by molar-refractivity contribution is 0.484. The van der Waals surface area contributed by atoms with Crippen LogP contribution < -0.4 is 4.74 Å². The molecule has 2 heterocycles. The second-order valence-corrected chi connectivity index (χ2v) is 5.76. The topological polar surface area (TPSA) is 79.5 Å². The maximum Gasteiger partial charge on any atom is 0.173 e. The van der Waals surface area contributed by atoms with E-state index in [0.717, 1.165) is 11.3 Å². The van der Waals surface area contributed by atoms with Crippen molar-refractivity contribution in [1.29, 1.82) is 5.26 Å². The Labute approximate surface area is 150 Å². The van der Waals surface area contributed by atoms with Crippen molar-refractivity contribution in [2.24, 2.45) is 0 Å². The Balaban J connectivity index is 1.54. The molecule has 126 valence electrons. The van der Waals surface area contributed by atoms with E-state index in [9.17, 15) is 0 Å². The largest absolute Gasteiger partial charge is 0.453 e. The number of rotatable bonds is 5. The maximum absolute atomic E-state index is 8.87. The molecule has 0 atom stereocenters. The summed E-state index contributed by atoms with van der Waals surface area (Å²) in [4.78, 5) is 0. The standard InChI is InChI=1S/C20H15N5O/c21-10-15-6-8-18(9-7-15)26-19-12-22-24-20(19)17-11-23-25(14-17)13-16-4-2-1-3-5-16/h1-9,11-12,14H,13H2,(H,22,24). The van der Waals surface area contributed by atoms with E-state index in [1.807, 2.05) is 29.1 Å². The molecule has 0 aliphatic carbocycles. The second kappa shape index (κ2) is 6.95. The Morgan fingerprint density at radius 1 is 1.04 bits per heavy atom. The van der Waals surface area contributed by atoms with E-state index in [1.165, 1.54) is 5.56 Å². The van der Waals surface area contributed by atoms with Gasteiger partial charge in [0.2, 0.25) is 0 Å². The van der Waals surface area contributed by atoms with Crippen molar-refractivity contribution in [3.63, 3.8) is 0 Å². The molecule has 26 heavy (non-hydrogen) atoms. The van der Waals surface area contributed by atoms with Gasteiger partial charge in [-0.1, -0.05) is 30.3 Å². The molecule has 2 aromatic carbocycles. The maximum atomic E-state index is 8.87. The first-order chi connectivity index (χ1) is 12.8. The van der Waals surface area contributed by atoms with Crippen LogP contribution in [0.15, 0.2) is 73.2 Å². The Morgan fingerprint density at radius 2 is 1.85 bits per heavy atom. The van der Waals surface area contributed by atoms with Gasteiger partial charge in [0.15, 0.2) is 5.75 Å². The van der Waals surface area contributed by atoms with Gasteiger partial charge in [-0.15, -0.1) is 0 Å². The fourth-order valence-electron chi connectivity index (χ4n) is 2.63. The lowest BCUT2D eigenvalue weighted by Crippen LogP contribution is -1.99. The van der Waals surface area contributed by atoms with Crippen LogP contribution >= 0.6 is 0 Å². The summed E-state index contributed by atoms with van der Waals surface area (Å²) in [5.41, 5.74) is 3.42. The Kier molecular flexibility index (Phi) is 4.19. The van der Waals surface area contributed by atoms with Crippen molar-refractivity contribution in [1.82, 2.24) is 20.0 Å². The van der Waals surface area contributed by atoms with Gasteiger partial charge in [-0.05, 0) is 29.8 Å². The molecule has 4 aromatic rings. The average molecular weight is 341 g/mol. The molecule has 0 saturated heterocycles. The molecule has 0 bridgehead atoms. The van der Waals surface area contributed by atoms with Gasteiger partial charge in [0.05, 0.1) is 30.6 Å². The van der Waals surface area contributed by atoms with Crippen molar-refractivity contribution < 1.29 is 4.74 Å². The minimum absolute atomic E-state index is 0.590. The number of ether oxygens (including phenoxy) is 1. The van der Waals surface area contributed by atoms with Crippen molar-refractivity contribution in [2.45, 2.75) is 6.54 Å². The van der Waals surface area contributed by atoms with Gasteiger partial charge < -0.3 is 4.74 Å². The summed E-state index contributed by atoms with van der Waals surface area (Å²) in [6.45, 7) is 0.695. The molecule has 0 spiro atoms. The normalized spacial score (nSPS) is 10.4. The minimum atomic E-state index is 0.590. The van der Waals surface area contributed by atoms with Crippen LogP contribution in [0.4, 0.5) is 0 Å². The van der Waals surface area contributed by atoms with Crippen LogP contribution in [-0.4, -0.2) is 20.0 Å². The molecule has 0 aliphatic rings. The minimum Gasteiger partial charge on any atom is -0.453 e. The molecule has 0 radical (unpaired) electrons. The Morgan fingerprint density at radius 3 is 2.62 bits per heavy atom. The molecule has 2 aromatic heterocycles. The third-order valence-electron chi connectivity index (χ3n) is 3.93. The smallest absolute Gasteiger partial charge is 0.173 e. The summed E-state index contributed by atoms with van der Waals surface area (Å²) in [6, 6.07) is 19.2. The molecule has 0 fully saturated rings. The van der Waals surface area contributed by atoms with Gasteiger partial charge in [-0.2, -0.15) is 15.5 Å². The fourth-order valence-corrected chi connectivity index (χ4v) is 2.63. The first-order valence-corrected chi connectivity index (χ1v) is 8.10. The van der Waals surface area contributed by atoms with Gasteiger partial charge >= 0.3 is 0 Å². The number of hydrogen-bond donors (Lipinski definition) is 1. The highest BCUT2D eigenvalue weighted by Gasteiger charge is 2.12. The second-order valence-electron chi connectivity index (χ2n) is 5.76. The third kappa shape index (κ3) is 3.32. The average Bonchev–Trinajstić information content (AvgIpc) is 3.32. The van der Waals surface area contributed by atoms with E-state index in [-0.39, 0.29) is 0 Å². The zero-order valence-corrected chi connectivity index (χ0v) is 13.8. The van der Waals surface area contributed by atoms with Crippen LogP contribution in [0, 0.1) is 11.3 Å². The molecule has 6 heteroatoms. The number of benzene rings is 2. The molecule has 1 N–H and O–H groups in total.